The second-order valence-corrected chi connectivity index (χ2v) is 5.37. The summed E-state index contributed by atoms with van der Waals surface area (Å²) in [5, 5.41) is 0.482. The summed E-state index contributed by atoms with van der Waals surface area (Å²) in [6, 6.07) is 2.63. The highest BCUT2D eigenvalue weighted by Gasteiger charge is 2.21. The van der Waals surface area contributed by atoms with E-state index < -0.39 is 11.9 Å². The Morgan fingerprint density at radius 2 is 1.78 bits per heavy atom. The van der Waals surface area contributed by atoms with Gasteiger partial charge in [0.1, 0.15) is 16.9 Å². The van der Waals surface area contributed by atoms with Gasteiger partial charge in [0, 0.05) is 24.8 Å². The Kier molecular flexibility index (Phi) is 3.89. The van der Waals surface area contributed by atoms with Gasteiger partial charge >= 0.3 is 11.9 Å². The summed E-state index contributed by atoms with van der Waals surface area (Å²) in [6.07, 6.45) is 5.95. The third-order valence-corrected chi connectivity index (χ3v) is 3.38. The van der Waals surface area contributed by atoms with E-state index in [1.54, 1.807) is 16.8 Å². The molecule has 0 bridgehead atoms. The van der Waals surface area contributed by atoms with E-state index >= 15 is 0 Å². The molecule has 0 atom stereocenters. The SMILES string of the molecule is Nc1ncc(Cl)cc1C(=O)OC(=O)c1cc(Cl)cn2ccnc12. The van der Waals surface area contributed by atoms with Crippen LogP contribution in [0.15, 0.2) is 36.9 Å². The van der Waals surface area contributed by atoms with Gasteiger partial charge in [0.2, 0.25) is 0 Å². The number of nitrogen functional groups attached to an aromatic ring is 1. The summed E-state index contributed by atoms with van der Waals surface area (Å²) >= 11 is 11.7. The molecule has 7 nitrogen and oxygen atoms in total. The van der Waals surface area contributed by atoms with Crippen LogP contribution in [0.2, 0.25) is 10.0 Å². The topological polar surface area (TPSA) is 99.6 Å². The maximum absolute atomic E-state index is 12.2. The molecule has 0 aromatic carbocycles. The molecule has 23 heavy (non-hydrogen) atoms. The van der Waals surface area contributed by atoms with Crippen LogP contribution in [0.1, 0.15) is 20.7 Å². The number of esters is 2. The van der Waals surface area contributed by atoms with Crippen molar-refractivity contribution >= 4 is 46.6 Å². The first-order valence-corrected chi connectivity index (χ1v) is 7.01. The molecular formula is C14H8Cl2N4O3. The fraction of sp³-hybridized carbons (Fsp3) is 0. The lowest BCUT2D eigenvalue weighted by atomic mass is 10.2. The average molecular weight is 351 g/mol. The fourth-order valence-electron chi connectivity index (χ4n) is 1.96. The van der Waals surface area contributed by atoms with Gasteiger partial charge < -0.3 is 14.9 Å². The second kappa shape index (κ2) is 5.86. The zero-order valence-electron chi connectivity index (χ0n) is 11.4. The predicted molar refractivity (Wildman–Crippen MR) is 83.6 cm³/mol. The van der Waals surface area contributed by atoms with Crippen molar-refractivity contribution in [2.75, 3.05) is 5.73 Å². The van der Waals surface area contributed by atoms with E-state index in [0.29, 0.717) is 10.7 Å². The van der Waals surface area contributed by atoms with Gasteiger partial charge in [-0.2, -0.15) is 0 Å². The number of pyridine rings is 2. The zero-order valence-corrected chi connectivity index (χ0v) is 12.9. The van der Waals surface area contributed by atoms with Crippen LogP contribution in [0.25, 0.3) is 5.65 Å². The number of imidazole rings is 1. The Morgan fingerprint density at radius 1 is 1.09 bits per heavy atom. The Hall–Kier alpha value is -2.64. The van der Waals surface area contributed by atoms with Crippen molar-refractivity contribution in [1.29, 1.82) is 0 Å². The van der Waals surface area contributed by atoms with Crippen LogP contribution in [0.3, 0.4) is 0 Å². The van der Waals surface area contributed by atoms with Gasteiger partial charge in [0.15, 0.2) is 5.65 Å². The molecule has 0 aliphatic heterocycles. The van der Waals surface area contributed by atoms with Crippen molar-refractivity contribution in [3.8, 4) is 0 Å². The number of carbonyl (C=O) groups excluding carboxylic acids is 2. The molecule has 3 aromatic heterocycles. The Bertz CT molecular complexity index is 939. The highest BCUT2D eigenvalue weighted by molar-refractivity contribution is 6.31. The molecule has 0 amide bonds. The summed E-state index contributed by atoms with van der Waals surface area (Å²) in [4.78, 5) is 32.1. The van der Waals surface area contributed by atoms with Crippen LogP contribution >= 0.6 is 23.2 Å². The van der Waals surface area contributed by atoms with E-state index in [-0.39, 0.29) is 22.0 Å². The molecule has 3 aromatic rings. The summed E-state index contributed by atoms with van der Waals surface area (Å²) in [7, 11) is 0. The molecule has 0 saturated carbocycles. The van der Waals surface area contributed by atoms with Crippen LogP contribution in [-0.2, 0) is 4.74 Å². The molecule has 3 heterocycles. The van der Waals surface area contributed by atoms with Crippen LogP contribution < -0.4 is 5.73 Å². The first-order chi connectivity index (χ1) is 11.0. The number of aromatic nitrogens is 3. The van der Waals surface area contributed by atoms with Crippen LogP contribution in [-0.4, -0.2) is 26.3 Å². The van der Waals surface area contributed by atoms with Crippen molar-refractivity contribution in [2.45, 2.75) is 0 Å². The molecule has 2 N–H and O–H groups in total. The van der Waals surface area contributed by atoms with Gasteiger partial charge in [-0.3, -0.25) is 0 Å². The zero-order chi connectivity index (χ0) is 16.6. The number of carbonyl (C=O) groups is 2. The van der Waals surface area contributed by atoms with Crippen molar-refractivity contribution in [2.24, 2.45) is 0 Å². The van der Waals surface area contributed by atoms with Crippen molar-refractivity contribution < 1.29 is 14.3 Å². The van der Waals surface area contributed by atoms with Gasteiger partial charge in [0.05, 0.1) is 10.0 Å². The van der Waals surface area contributed by atoms with Gasteiger partial charge in [-0.1, -0.05) is 23.2 Å². The van der Waals surface area contributed by atoms with E-state index in [1.165, 1.54) is 24.5 Å². The molecule has 0 aliphatic carbocycles. The van der Waals surface area contributed by atoms with Crippen molar-refractivity contribution in [3.05, 3.63) is 58.1 Å². The third kappa shape index (κ3) is 2.96. The van der Waals surface area contributed by atoms with Crippen molar-refractivity contribution in [3.63, 3.8) is 0 Å². The number of hydrogen-bond donors (Lipinski definition) is 1. The molecule has 3 rings (SSSR count). The van der Waals surface area contributed by atoms with Gasteiger partial charge in [-0.25, -0.2) is 19.6 Å². The number of halogens is 2. The first-order valence-electron chi connectivity index (χ1n) is 6.25. The molecule has 0 fully saturated rings. The number of nitrogens with zero attached hydrogens (tertiary/aromatic N) is 3. The summed E-state index contributed by atoms with van der Waals surface area (Å²) in [5.74, 6) is -1.97. The van der Waals surface area contributed by atoms with Gasteiger partial charge in [0.25, 0.3) is 0 Å². The van der Waals surface area contributed by atoms with Crippen LogP contribution in [0.5, 0.6) is 0 Å². The smallest absolute Gasteiger partial charge is 0.349 e. The molecule has 0 aliphatic rings. The predicted octanol–water partition coefficient (Wildman–Crippen LogP) is 2.62. The van der Waals surface area contributed by atoms with E-state index in [4.69, 9.17) is 33.7 Å². The van der Waals surface area contributed by atoms with Crippen LogP contribution in [0, 0.1) is 0 Å². The lowest BCUT2D eigenvalue weighted by molar-refractivity contribution is 0.0399. The summed E-state index contributed by atoms with van der Waals surface area (Å²) in [6.45, 7) is 0. The molecule has 0 radical (unpaired) electrons. The number of nitrogens with two attached hydrogens (primary N) is 1. The number of rotatable bonds is 2. The molecule has 9 heteroatoms. The first kappa shape index (κ1) is 15.3. The largest absolute Gasteiger partial charge is 0.385 e. The van der Waals surface area contributed by atoms with Crippen molar-refractivity contribution in [1.82, 2.24) is 14.4 Å². The second-order valence-electron chi connectivity index (χ2n) is 4.49. The number of anilines is 1. The molecule has 0 saturated heterocycles. The monoisotopic (exact) mass is 350 g/mol. The standard InChI is InChI=1S/C14H8Cl2N4O3/c15-7-3-9(11(17)19-5-7)13(21)23-14(22)10-4-8(16)6-20-2-1-18-12(10)20/h1-6H,(H2,17,19). The Morgan fingerprint density at radius 3 is 2.57 bits per heavy atom. The minimum atomic E-state index is -0.966. The minimum absolute atomic E-state index is 0.0457. The Labute approximate surface area is 139 Å². The van der Waals surface area contributed by atoms with Crippen LogP contribution in [0.4, 0.5) is 5.82 Å². The molecule has 0 unspecified atom stereocenters. The number of ether oxygens (including phenoxy) is 1. The fourth-order valence-corrected chi connectivity index (χ4v) is 2.33. The summed E-state index contributed by atoms with van der Waals surface area (Å²) < 4.78 is 6.36. The molecule has 116 valence electrons. The third-order valence-electron chi connectivity index (χ3n) is 2.96. The number of fused-ring (bicyclic) bond motifs is 1. The quantitative estimate of drug-likeness (QED) is 0.563. The number of hydrogen-bond acceptors (Lipinski definition) is 6. The van der Waals surface area contributed by atoms with Gasteiger partial charge in [-0.05, 0) is 12.1 Å². The highest BCUT2D eigenvalue weighted by atomic mass is 35.5. The normalized spacial score (nSPS) is 10.7. The highest BCUT2D eigenvalue weighted by Crippen LogP contribution is 2.20. The Balaban J connectivity index is 1.93. The van der Waals surface area contributed by atoms with E-state index in [9.17, 15) is 9.59 Å². The lowest BCUT2D eigenvalue weighted by Gasteiger charge is -2.07. The average Bonchev–Trinajstić information content (AvgIpc) is 2.96. The lowest BCUT2D eigenvalue weighted by Crippen LogP contribution is -2.16. The molecule has 0 spiro atoms. The summed E-state index contributed by atoms with van der Waals surface area (Å²) in [5.41, 5.74) is 5.83. The van der Waals surface area contributed by atoms with E-state index in [0.717, 1.165) is 0 Å². The maximum atomic E-state index is 12.2. The van der Waals surface area contributed by atoms with Gasteiger partial charge in [-0.15, -0.1) is 0 Å². The van der Waals surface area contributed by atoms with E-state index in [1.807, 2.05) is 0 Å². The minimum Gasteiger partial charge on any atom is -0.385 e. The molecular weight excluding hydrogens is 343 g/mol. The van der Waals surface area contributed by atoms with E-state index in [2.05, 4.69) is 9.97 Å². The maximum Gasteiger partial charge on any atom is 0.349 e.